The number of nitrogens with zero attached hydrogens (tertiary/aromatic N) is 1. The average molecular weight is 439 g/mol. The number of rotatable bonds is 5. The Bertz CT molecular complexity index is 1010. The van der Waals surface area contributed by atoms with E-state index in [1.807, 2.05) is 0 Å². The number of carbonyl (C=O) groups is 1. The van der Waals surface area contributed by atoms with Gasteiger partial charge >= 0.3 is 0 Å². The first kappa shape index (κ1) is 21.3. The van der Waals surface area contributed by atoms with Crippen molar-refractivity contribution in [2.45, 2.75) is 24.5 Å². The lowest BCUT2D eigenvalue weighted by molar-refractivity contribution is -0.118. The van der Waals surface area contributed by atoms with Gasteiger partial charge in [0.05, 0.1) is 19.9 Å². The molecule has 2 aromatic rings. The van der Waals surface area contributed by atoms with E-state index in [0.29, 0.717) is 40.9 Å². The SMILES string of the molecule is COc1ccc(NC(=O)C2(C)CCCN(c3ccc(Cl)cc3)S2(=O)=O)cc1OC. The van der Waals surface area contributed by atoms with Crippen molar-refractivity contribution in [1.82, 2.24) is 0 Å². The average Bonchev–Trinajstić information content (AvgIpc) is 2.70. The third-order valence-electron chi connectivity index (χ3n) is 5.11. The maximum atomic E-state index is 13.4. The molecular formula is C20H23ClN2O5S. The molecule has 0 saturated carbocycles. The van der Waals surface area contributed by atoms with Crippen LogP contribution in [0.1, 0.15) is 19.8 Å². The van der Waals surface area contributed by atoms with Gasteiger partial charge in [0.2, 0.25) is 15.9 Å². The van der Waals surface area contributed by atoms with Crippen LogP contribution in [0.15, 0.2) is 42.5 Å². The van der Waals surface area contributed by atoms with Crippen molar-refractivity contribution in [2.24, 2.45) is 0 Å². The topological polar surface area (TPSA) is 84.9 Å². The van der Waals surface area contributed by atoms with Gasteiger partial charge in [0.1, 0.15) is 0 Å². The lowest BCUT2D eigenvalue weighted by Gasteiger charge is -2.39. The van der Waals surface area contributed by atoms with E-state index in [-0.39, 0.29) is 6.42 Å². The van der Waals surface area contributed by atoms with Crippen LogP contribution in [-0.4, -0.2) is 39.8 Å². The second-order valence-electron chi connectivity index (χ2n) is 6.91. The Morgan fingerprint density at radius 3 is 2.38 bits per heavy atom. The number of benzene rings is 2. The Balaban J connectivity index is 1.90. The van der Waals surface area contributed by atoms with E-state index in [1.54, 1.807) is 42.5 Å². The van der Waals surface area contributed by atoms with Crippen LogP contribution in [0, 0.1) is 0 Å². The van der Waals surface area contributed by atoms with Crippen LogP contribution < -0.4 is 19.1 Å². The van der Waals surface area contributed by atoms with Gasteiger partial charge in [-0.05, 0) is 56.2 Å². The van der Waals surface area contributed by atoms with E-state index in [0.717, 1.165) is 0 Å². The Kier molecular flexibility index (Phi) is 5.95. The molecule has 1 heterocycles. The molecule has 1 N–H and O–H groups in total. The quantitative estimate of drug-likeness (QED) is 0.769. The van der Waals surface area contributed by atoms with Gasteiger partial charge in [0, 0.05) is 23.3 Å². The van der Waals surface area contributed by atoms with E-state index in [9.17, 15) is 13.2 Å². The monoisotopic (exact) mass is 438 g/mol. The maximum absolute atomic E-state index is 13.4. The number of amides is 1. The summed E-state index contributed by atoms with van der Waals surface area (Å²) < 4.78 is 36.8. The maximum Gasteiger partial charge on any atom is 0.249 e. The molecule has 29 heavy (non-hydrogen) atoms. The summed E-state index contributed by atoms with van der Waals surface area (Å²) in [6, 6.07) is 11.4. The Morgan fingerprint density at radius 1 is 1.10 bits per heavy atom. The van der Waals surface area contributed by atoms with Crippen molar-refractivity contribution in [3.63, 3.8) is 0 Å². The van der Waals surface area contributed by atoms with E-state index in [4.69, 9.17) is 21.1 Å². The molecule has 0 radical (unpaired) electrons. The molecule has 1 aliphatic rings. The number of halogens is 1. The molecule has 0 aliphatic carbocycles. The molecule has 156 valence electrons. The van der Waals surface area contributed by atoms with Gasteiger partial charge in [0.25, 0.3) is 0 Å². The summed E-state index contributed by atoms with van der Waals surface area (Å²) in [5.74, 6) is 0.351. The lowest BCUT2D eigenvalue weighted by atomic mass is 10.0. The number of sulfonamides is 1. The first-order valence-corrected chi connectivity index (χ1v) is 10.9. The fraction of sp³-hybridized carbons (Fsp3) is 0.350. The largest absolute Gasteiger partial charge is 0.493 e. The van der Waals surface area contributed by atoms with E-state index < -0.39 is 20.7 Å². The van der Waals surface area contributed by atoms with Crippen LogP contribution in [0.5, 0.6) is 11.5 Å². The second kappa shape index (κ2) is 8.12. The van der Waals surface area contributed by atoms with Crippen LogP contribution in [0.3, 0.4) is 0 Å². The molecule has 1 aliphatic heterocycles. The summed E-state index contributed by atoms with van der Waals surface area (Å²) >= 11 is 5.91. The Hall–Kier alpha value is -2.45. The van der Waals surface area contributed by atoms with Gasteiger partial charge in [-0.25, -0.2) is 8.42 Å². The molecule has 0 spiro atoms. The van der Waals surface area contributed by atoms with Crippen molar-refractivity contribution in [1.29, 1.82) is 0 Å². The van der Waals surface area contributed by atoms with Crippen molar-refractivity contribution in [2.75, 3.05) is 30.4 Å². The number of ether oxygens (including phenoxy) is 2. The van der Waals surface area contributed by atoms with Crippen molar-refractivity contribution in [3.8, 4) is 11.5 Å². The molecule has 1 fully saturated rings. The number of methoxy groups -OCH3 is 2. The van der Waals surface area contributed by atoms with E-state index in [1.165, 1.54) is 25.4 Å². The van der Waals surface area contributed by atoms with Crippen molar-refractivity contribution >= 4 is 38.9 Å². The molecule has 0 aromatic heterocycles. The van der Waals surface area contributed by atoms with Crippen LogP contribution >= 0.6 is 11.6 Å². The molecule has 1 atom stereocenters. The zero-order valence-electron chi connectivity index (χ0n) is 16.4. The van der Waals surface area contributed by atoms with Gasteiger partial charge in [-0.1, -0.05) is 11.6 Å². The molecule has 0 bridgehead atoms. The van der Waals surface area contributed by atoms with Gasteiger partial charge in [0.15, 0.2) is 16.2 Å². The zero-order chi connectivity index (χ0) is 21.2. The lowest BCUT2D eigenvalue weighted by Crippen LogP contribution is -2.57. The minimum Gasteiger partial charge on any atom is -0.493 e. The minimum atomic E-state index is -3.96. The molecule has 7 nitrogen and oxygen atoms in total. The first-order chi connectivity index (χ1) is 13.7. The number of nitrogens with one attached hydrogen (secondary N) is 1. The molecule has 1 amide bonds. The van der Waals surface area contributed by atoms with Crippen LogP contribution in [0.4, 0.5) is 11.4 Å². The molecule has 1 unspecified atom stereocenters. The van der Waals surface area contributed by atoms with Crippen molar-refractivity contribution < 1.29 is 22.7 Å². The number of hydrogen-bond donors (Lipinski definition) is 1. The van der Waals surface area contributed by atoms with Crippen LogP contribution in [0.25, 0.3) is 0 Å². The normalized spacial score (nSPS) is 20.8. The summed E-state index contributed by atoms with van der Waals surface area (Å²) in [5, 5.41) is 3.22. The molecule has 3 rings (SSSR count). The standard InChI is InChI=1S/C20H23ClN2O5S/c1-20(19(24)22-15-7-10-17(27-2)18(13-15)28-3)11-4-12-23(29(20,25)26)16-8-5-14(21)6-9-16/h5-10,13H,4,11-12H2,1-3H3,(H,22,24). The zero-order valence-corrected chi connectivity index (χ0v) is 18.0. The number of anilines is 2. The Labute approximate surface area is 175 Å². The summed E-state index contributed by atoms with van der Waals surface area (Å²) in [7, 11) is -0.958. The van der Waals surface area contributed by atoms with Gasteiger partial charge in [-0.3, -0.25) is 9.10 Å². The summed E-state index contributed by atoms with van der Waals surface area (Å²) in [6.07, 6.45) is 0.774. The fourth-order valence-corrected chi connectivity index (χ4v) is 5.40. The summed E-state index contributed by atoms with van der Waals surface area (Å²) in [5.41, 5.74) is 0.909. The predicted molar refractivity (Wildman–Crippen MR) is 114 cm³/mol. The third kappa shape index (κ3) is 3.86. The van der Waals surface area contributed by atoms with Gasteiger partial charge in [-0.2, -0.15) is 0 Å². The van der Waals surface area contributed by atoms with Crippen molar-refractivity contribution in [3.05, 3.63) is 47.5 Å². The fourth-order valence-electron chi connectivity index (χ4n) is 3.34. The first-order valence-electron chi connectivity index (χ1n) is 9.04. The molecular weight excluding hydrogens is 416 g/mol. The minimum absolute atomic E-state index is 0.221. The predicted octanol–water partition coefficient (Wildman–Crippen LogP) is 3.68. The van der Waals surface area contributed by atoms with E-state index in [2.05, 4.69) is 5.32 Å². The second-order valence-corrected chi connectivity index (χ2v) is 9.64. The smallest absolute Gasteiger partial charge is 0.249 e. The summed E-state index contributed by atoms with van der Waals surface area (Å²) in [6.45, 7) is 1.77. The summed E-state index contributed by atoms with van der Waals surface area (Å²) in [4.78, 5) is 13.1. The highest BCUT2D eigenvalue weighted by molar-refractivity contribution is 7.95. The molecule has 9 heteroatoms. The third-order valence-corrected chi connectivity index (χ3v) is 7.86. The highest BCUT2D eigenvalue weighted by Crippen LogP contribution is 2.37. The van der Waals surface area contributed by atoms with Crippen LogP contribution in [-0.2, 0) is 14.8 Å². The highest BCUT2D eigenvalue weighted by Gasteiger charge is 2.52. The van der Waals surface area contributed by atoms with Crippen LogP contribution in [0.2, 0.25) is 5.02 Å². The number of carbonyl (C=O) groups excluding carboxylic acids is 1. The van der Waals surface area contributed by atoms with E-state index >= 15 is 0 Å². The van der Waals surface area contributed by atoms with Gasteiger partial charge < -0.3 is 14.8 Å². The number of hydrogen-bond acceptors (Lipinski definition) is 5. The Morgan fingerprint density at radius 2 is 1.76 bits per heavy atom. The molecule has 2 aromatic carbocycles. The van der Waals surface area contributed by atoms with Gasteiger partial charge in [-0.15, -0.1) is 0 Å². The molecule has 1 saturated heterocycles. The highest BCUT2D eigenvalue weighted by atomic mass is 35.5.